The molecule has 0 aliphatic heterocycles. The molecule has 0 aliphatic carbocycles. The molecule has 0 fully saturated rings. The van der Waals surface area contributed by atoms with Crippen LogP contribution < -0.4 is 10.6 Å². The van der Waals surface area contributed by atoms with Crippen LogP contribution in [0, 0.1) is 0 Å². The van der Waals surface area contributed by atoms with Crippen molar-refractivity contribution < 1.29 is 14.7 Å². The number of phenols is 1. The first-order chi connectivity index (χ1) is 8.15. The third-order valence-electron chi connectivity index (χ3n) is 2.20. The number of carbonyl (C=O) groups is 2. The molecule has 0 unspecified atom stereocenters. The molecule has 5 nitrogen and oxygen atoms in total. The first-order valence-electron chi connectivity index (χ1n) is 5.48. The number of amides is 2. The lowest BCUT2D eigenvalue weighted by Crippen LogP contribution is -2.34. The van der Waals surface area contributed by atoms with Crippen molar-refractivity contribution in [3.05, 3.63) is 29.8 Å². The van der Waals surface area contributed by atoms with Crippen molar-refractivity contribution in [2.45, 2.75) is 13.3 Å². The lowest BCUT2D eigenvalue weighted by atomic mass is 10.2. The Morgan fingerprint density at radius 2 is 1.82 bits per heavy atom. The van der Waals surface area contributed by atoms with Gasteiger partial charge >= 0.3 is 0 Å². The molecule has 5 heteroatoms. The summed E-state index contributed by atoms with van der Waals surface area (Å²) in [7, 11) is 0. The average molecular weight is 236 g/mol. The molecule has 0 saturated carbocycles. The van der Waals surface area contributed by atoms with Crippen LogP contribution in [0.3, 0.4) is 0 Å². The minimum Gasteiger partial charge on any atom is -0.507 e. The van der Waals surface area contributed by atoms with E-state index in [1.165, 1.54) is 12.1 Å². The SMILES string of the molecule is CCC(=O)NCCNC(=O)c1ccccc1O. The van der Waals surface area contributed by atoms with Gasteiger partial charge in [-0.1, -0.05) is 19.1 Å². The number of phenolic OH excluding ortho intramolecular Hbond substituents is 1. The second-order valence-corrected chi connectivity index (χ2v) is 3.48. The molecule has 17 heavy (non-hydrogen) atoms. The second-order valence-electron chi connectivity index (χ2n) is 3.48. The van der Waals surface area contributed by atoms with E-state index in [0.717, 1.165) is 0 Å². The molecule has 0 saturated heterocycles. The molecular formula is C12H16N2O3. The van der Waals surface area contributed by atoms with Crippen LogP contribution in [0.4, 0.5) is 0 Å². The normalized spacial score (nSPS) is 9.71. The van der Waals surface area contributed by atoms with E-state index in [1.54, 1.807) is 19.1 Å². The second kappa shape index (κ2) is 6.52. The zero-order valence-corrected chi connectivity index (χ0v) is 9.69. The molecule has 0 atom stereocenters. The van der Waals surface area contributed by atoms with Crippen LogP contribution in [0.25, 0.3) is 0 Å². The zero-order chi connectivity index (χ0) is 12.7. The van der Waals surface area contributed by atoms with E-state index >= 15 is 0 Å². The molecule has 0 spiro atoms. The molecule has 2 amide bonds. The Morgan fingerprint density at radius 1 is 1.18 bits per heavy atom. The number of benzene rings is 1. The molecule has 0 bridgehead atoms. The fraction of sp³-hybridized carbons (Fsp3) is 0.333. The number of hydrogen-bond acceptors (Lipinski definition) is 3. The molecule has 3 N–H and O–H groups in total. The maximum absolute atomic E-state index is 11.6. The van der Waals surface area contributed by atoms with Crippen molar-refractivity contribution in [3.63, 3.8) is 0 Å². The monoisotopic (exact) mass is 236 g/mol. The van der Waals surface area contributed by atoms with Gasteiger partial charge < -0.3 is 15.7 Å². The number of hydrogen-bond donors (Lipinski definition) is 3. The van der Waals surface area contributed by atoms with Crippen molar-refractivity contribution in [2.24, 2.45) is 0 Å². The Morgan fingerprint density at radius 3 is 2.47 bits per heavy atom. The number of carbonyl (C=O) groups excluding carboxylic acids is 2. The molecule has 1 aromatic rings. The number of para-hydroxylation sites is 1. The Bertz CT molecular complexity index is 404. The number of aromatic hydroxyl groups is 1. The van der Waals surface area contributed by atoms with Gasteiger partial charge in [-0.15, -0.1) is 0 Å². The van der Waals surface area contributed by atoms with Crippen LogP contribution in [0.15, 0.2) is 24.3 Å². The highest BCUT2D eigenvalue weighted by atomic mass is 16.3. The van der Waals surface area contributed by atoms with E-state index in [4.69, 9.17) is 0 Å². The van der Waals surface area contributed by atoms with Crippen LogP contribution in [0.5, 0.6) is 5.75 Å². The van der Waals surface area contributed by atoms with E-state index in [0.29, 0.717) is 19.5 Å². The summed E-state index contributed by atoms with van der Waals surface area (Å²) >= 11 is 0. The quantitative estimate of drug-likeness (QED) is 0.657. The van der Waals surface area contributed by atoms with Crippen LogP contribution in [-0.2, 0) is 4.79 Å². The van der Waals surface area contributed by atoms with Gasteiger partial charge in [-0.05, 0) is 12.1 Å². The van der Waals surface area contributed by atoms with Gasteiger partial charge in [0, 0.05) is 19.5 Å². The Hall–Kier alpha value is -2.04. The lowest BCUT2D eigenvalue weighted by molar-refractivity contribution is -0.120. The van der Waals surface area contributed by atoms with Gasteiger partial charge in [0.15, 0.2) is 0 Å². The molecule has 0 aromatic heterocycles. The summed E-state index contributed by atoms with van der Waals surface area (Å²) in [5, 5.41) is 14.7. The minimum absolute atomic E-state index is 0.0532. The molecule has 1 aromatic carbocycles. The Labute approximate surface area is 99.8 Å². The topological polar surface area (TPSA) is 78.4 Å². The van der Waals surface area contributed by atoms with Crippen molar-refractivity contribution in [3.8, 4) is 5.75 Å². The standard InChI is InChI=1S/C12H16N2O3/c1-2-11(16)13-7-8-14-12(17)9-5-3-4-6-10(9)15/h3-6,15H,2,7-8H2,1H3,(H,13,16)(H,14,17). The third-order valence-corrected chi connectivity index (χ3v) is 2.20. The highest BCUT2D eigenvalue weighted by Crippen LogP contribution is 2.14. The fourth-order valence-corrected chi connectivity index (χ4v) is 1.26. The minimum atomic E-state index is -0.353. The number of nitrogens with one attached hydrogen (secondary N) is 2. The highest BCUT2D eigenvalue weighted by Gasteiger charge is 2.08. The summed E-state index contributed by atoms with van der Waals surface area (Å²) in [6.45, 7) is 2.47. The Balaban J connectivity index is 2.36. The zero-order valence-electron chi connectivity index (χ0n) is 9.69. The third kappa shape index (κ3) is 4.14. The van der Waals surface area contributed by atoms with Crippen LogP contribution in [0.1, 0.15) is 23.7 Å². The molecule has 1 rings (SSSR count). The van der Waals surface area contributed by atoms with Gasteiger partial charge in [-0.25, -0.2) is 0 Å². The van der Waals surface area contributed by atoms with Crippen molar-refractivity contribution in [2.75, 3.05) is 13.1 Å². The summed E-state index contributed by atoms with van der Waals surface area (Å²) in [6, 6.07) is 6.31. The van der Waals surface area contributed by atoms with Gasteiger partial charge in [0.2, 0.25) is 5.91 Å². The van der Waals surface area contributed by atoms with Crippen LogP contribution in [-0.4, -0.2) is 30.0 Å². The van der Waals surface area contributed by atoms with E-state index in [1.807, 2.05) is 0 Å². The maximum atomic E-state index is 11.6. The summed E-state index contributed by atoms with van der Waals surface area (Å²) < 4.78 is 0. The Kier molecular flexibility index (Phi) is 5.00. The summed E-state index contributed by atoms with van der Waals surface area (Å²) in [5.74, 6) is -0.460. The first-order valence-corrected chi connectivity index (χ1v) is 5.48. The average Bonchev–Trinajstić information content (AvgIpc) is 2.34. The van der Waals surface area contributed by atoms with Crippen molar-refractivity contribution >= 4 is 11.8 Å². The maximum Gasteiger partial charge on any atom is 0.255 e. The largest absolute Gasteiger partial charge is 0.507 e. The van der Waals surface area contributed by atoms with Gasteiger partial charge in [0.1, 0.15) is 5.75 Å². The molecule has 92 valence electrons. The van der Waals surface area contributed by atoms with Crippen molar-refractivity contribution in [1.82, 2.24) is 10.6 Å². The molecule has 0 heterocycles. The predicted octanol–water partition coefficient (Wildman–Crippen LogP) is 0.648. The smallest absolute Gasteiger partial charge is 0.255 e. The number of rotatable bonds is 5. The van der Waals surface area contributed by atoms with E-state index < -0.39 is 0 Å². The van der Waals surface area contributed by atoms with Gasteiger partial charge in [-0.3, -0.25) is 9.59 Å². The van der Waals surface area contributed by atoms with Crippen LogP contribution >= 0.6 is 0 Å². The first kappa shape index (κ1) is 13.0. The fourth-order valence-electron chi connectivity index (χ4n) is 1.26. The summed E-state index contributed by atoms with van der Waals surface area (Å²) in [6.07, 6.45) is 0.424. The molecular weight excluding hydrogens is 220 g/mol. The highest BCUT2D eigenvalue weighted by molar-refractivity contribution is 5.96. The van der Waals surface area contributed by atoms with Gasteiger partial charge in [0.25, 0.3) is 5.91 Å². The van der Waals surface area contributed by atoms with E-state index in [-0.39, 0.29) is 23.1 Å². The summed E-state index contributed by atoms with van der Waals surface area (Å²) in [4.78, 5) is 22.5. The van der Waals surface area contributed by atoms with Crippen molar-refractivity contribution in [1.29, 1.82) is 0 Å². The molecule has 0 aliphatic rings. The summed E-state index contributed by atoms with van der Waals surface area (Å²) in [5.41, 5.74) is 0.231. The van der Waals surface area contributed by atoms with E-state index in [9.17, 15) is 14.7 Å². The predicted molar refractivity (Wildman–Crippen MR) is 63.7 cm³/mol. The van der Waals surface area contributed by atoms with Gasteiger partial charge in [-0.2, -0.15) is 0 Å². The molecule has 0 radical (unpaired) electrons. The lowest BCUT2D eigenvalue weighted by Gasteiger charge is -2.07. The van der Waals surface area contributed by atoms with E-state index in [2.05, 4.69) is 10.6 Å². The van der Waals surface area contributed by atoms with Crippen LogP contribution in [0.2, 0.25) is 0 Å². The van der Waals surface area contributed by atoms with Gasteiger partial charge in [0.05, 0.1) is 5.56 Å².